The van der Waals surface area contributed by atoms with Crippen molar-refractivity contribution in [3.05, 3.63) is 89.5 Å². The summed E-state index contributed by atoms with van der Waals surface area (Å²) in [4.78, 5) is 20.0. The lowest BCUT2D eigenvalue weighted by Crippen LogP contribution is -2.34. The summed E-state index contributed by atoms with van der Waals surface area (Å²) < 4.78 is 5.95. The molecular weight excluding hydrogens is 326 g/mol. The van der Waals surface area contributed by atoms with Crippen LogP contribution in [0.2, 0.25) is 0 Å². The quantitative estimate of drug-likeness (QED) is 0.772. The number of ether oxygens (including phenoxy) is 1. The zero-order chi connectivity index (χ0) is 17.8. The van der Waals surface area contributed by atoms with Crippen LogP contribution in [0.4, 0.5) is 0 Å². The van der Waals surface area contributed by atoms with Gasteiger partial charge in [-0.25, -0.2) is 4.98 Å². The zero-order valence-electron chi connectivity index (χ0n) is 14.3. The van der Waals surface area contributed by atoms with Crippen molar-refractivity contribution in [2.75, 3.05) is 6.54 Å². The van der Waals surface area contributed by atoms with Crippen LogP contribution < -0.4 is 10.1 Å². The molecule has 1 amide bonds. The van der Waals surface area contributed by atoms with Gasteiger partial charge in [0.05, 0.1) is 12.7 Å². The number of nitrogens with one attached hydrogen (secondary N) is 1. The van der Waals surface area contributed by atoms with Gasteiger partial charge in [0.15, 0.2) is 0 Å². The number of aromatic nitrogens is 2. The maximum Gasteiger partial charge on any atom is 0.271 e. The normalized spacial score (nSPS) is 15.2. The van der Waals surface area contributed by atoms with Crippen LogP contribution in [-0.2, 0) is 12.8 Å². The van der Waals surface area contributed by atoms with Crippen molar-refractivity contribution >= 4 is 5.91 Å². The minimum atomic E-state index is -0.234. The molecule has 4 rings (SSSR count). The van der Waals surface area contributed by atoms with Crippen LogP contribution in [0.25, 0.3) is 0 Å². The highest BCUT2D eigenvalue weighted by atomic mass is 16.5. The topological polar surface area (TPSA) is 64.1 Å². The molecule has 1 aliphatic rings. The zero-order valence-corrected chi connectivity index (χ0v) is 14.3. The third kappa shape index (κ3) is 3.72. The molecule has 5 heteroatoms. The molecule has 130 valence electrons. The molecule has 2 heterocycles. The molecule has 26 heavy (non-hydrogen) atoms. The third-order valence-corrected chi connectivity index (χ3v) is 4.40. The van der Waals surface area contributed by atoms with Crippen LogP contribution in [0.15, 0.2) is 67.1 Å². The molecule has 0 aliphatic carbocycles. The Kier molecular flexibility index (Phi) is 4.60. The van der Waals surface area contributed by atoms with E-state index < -0.39 is 0 Å². The molecule has 1 unspecified atom stereocenters. The summed E-state index contributed by atoms with van der Waals surface area (Å²) in [6.07, 6.45) is 6.14. The van der Waals surface area contributed by atoms with E-state index in [-0.39, 0.29) is 12.0 Å². The van der Waals surface area contributed by atoms with Gasteiger partial charge in [0.1, 0.15) is 17.5 Å². The number of hydrogen-bond acceptors (Lipinski definition) is 4. The van der Waals surface area contributed by atoms with Crippen LogP contribution in [0, 0.1) is 0 Å². The highest BCUT2D eigenvalue weighted by molar-refractivity contribution is 5.91. The number of benzene rings is 2. The number of hydrogen-bond donors (Lipinski definition) is 1. The van der Waals surface area contributed by atoms with E-state index in [1.165, 1.54) is 29.1 Å². The standard InChI is InChI=1S/C21H19N3O2/c25-21(19-14-22-8-9-23-19)24-13-18-12-17-11-16(6-7-20(17)26-18)10-15-4-2-1-3-5-15/h1-9,11,14,18H,10,12-13H2,(H,24,25). The molecule has 5 nitrogen and oxygen atoms in total. The maximum absolute atomic E-state index is 12.1. The SMILES string of the molecule is O=C(NCC1Cc2cc(Cc3ccccc3)ccc2O1)c1cnccn1. The molecule has 0 bridgehead atoms. The van der Waals surface area contributed by atoms with Crippen molar-refractivity contribution in [1.29, 1.82) is 0 Å². The van der Waals surface area contributed by atoms with Gasteiger partial charge in [-0.1, -0.05) is 42.5 Å². The molecule has 3 aromatic rings. The van der Waals surface area contributed by atoms with Gasteiger partial charge in [-0.3, -0.25) is 9.78 Å². The first-order valence-electron chi connectivity index (χ1n) is 8.64. The fourth-order valence-electron chi connectivity index (χ4n) is 3.14. The molecule has 0 saturated heterocycles. The molecule has 0 fully saturated rings. The summed E-state index contributed by atoms with van der Waals surface area (Å²) in [6.45, 7) is 0.443. The predicted molar refractivity (Wildman–Crippen MR) is 98.2 cm³/mol. The molecule has 1 aliphatic heterocycles. The first-order valence-corrected chi connectivity index (χ1v) is 8.64. The molecule has 0 spiro atoms. The average Bonchev–Trinajstić information content (AvgIpc) is 3.10. The van der Waals surface area contributed by atoms with Gasteiger partial charge in [-0.15, -0.1) is 0 Å². The third-order valence-electron chi connectivity index (χ3n) is 4.40. The Morgan fingerprint density at radius 2 is 2.00 bits per heavy atom. The van der Waals surface area contributed by atoms with E-state index in [1.807, 2.05) is 12.1 Å². The molecular formula is C21H19N3O2. The van der Waals surface area contributed by atoms with Crippen molar-refractivity contribution in [2.45, 2.75) is 18.9 Å². The molecule has 1 N–H and O–H groups in total. The lowest BCUT2D eigenvalue weighted by atomic mass is 10.0. The first-order chi connectivity index (χ1) is 12.8. The number of fused-ring (bicyclic) bond motifs is 1. The minimum absolute atomic E-state index is 0.0578. The molecule has 1 aromatic heterocycles. The molecule has 1 atom stereocenters. The van der Waals surface area contributed by atoms with Crippen LogP contribution >= 0.6 is 0 Å². The van der Waals surface area contributed by atoms with Crippen molar-refractivity contribution in [2.24, 2.45) is 0 Å². The van der Waals surface area contributed by atoms with Gasteiger partial charge in [0, 0.05) is 18.8 Å². The smallest absolute Gasteiger partial charge is 0.271 e. The lowest BCUT2D eigenvalue weighted by molar-refractivity contribution is 0.0928. The van der Waals surface area contributed by atoms with Gasteiger partial charge in [-0.05, 0) is 29.2 Å². The Morgan fingerprint density at radius 3 is 2.81 bits per heavy atom. The Balaban J connectivity index is 1.36. The van der Waals surface area contributed by atoms with E-state index in [0.29, 0.717) is 12.2 Å². The van der Waals surface area contributed by atoms with E-state index in [1.54, 1.807) is 6.20 Å². The van der Waals surface area contributed by atoms with Crippen molar-refractivity contribution < 1.29 is 9.53 Å². The van der Waals surface area contributed by atoms with Crippen LogP contribution in [0.5, 0.6) is 5.75 Å². The summed E-state index contributed by atoms with van der Waals surface area (Å²) in [6, 6.07) is 16.7. The fraction of sp³-hybridized carbons (Fsp3) is 0.190. The lowest BCUT2D eigenvalue weighted by Gasteiger charge is -2.11. The van der Waals surface area contributed by atoms with E-state index in [2.05, 4.69) is 51.7 Å². The van der Waals surface area contributed by atoms with Crippen LogP contribution in [0.3, 0.4) is 0 Å². The molecule has 0 saturated carbocycles. The van der Waals surface area contributed by atoms with Crippen molar-refractivity contribution in [1.82, 2.24) is 15.3 Å². The largest absolute Gasteiger partial charge is 0.488 e. The Labute approximate surface area is 152 Å². The maximum atomic E-state index is 12.1. The van der Waals surface area contributed by atoms with Gasteiger partial charge in [0.25, 0.3) is 5.91 Å². The Hall–Kier alpha value is -3.21. The monoisotopic (exact) mass is 345 g/mol. The van der Waals surface area contributed by atoms with Gasteiger partial charge in [0.2, 0.25) is 0 Å². The highest BCUT2D eigenvalue weighted by Gasteiger charge is 2.23. The highest BCUT2D eigenvalue weighted by Crippen LogP contribution is 2.30. The van der Waals surface area contributed by atoms with Gasteiger partial charge in [-0.2, -0.15) is 0 Å². The summed E-state index contributed by atoms with van der Waals surface area (Å²) in [5, 5.41) is 2.86. The molecule has 2 aromatic carbocycles. The Bertz CT molecular complexity index is 898. The predicted octanol–water partition coefficient (Wildman–Crippen LogP) is 2.80. The molecule has 0 radical (unpaired) electrons. The second-order valence-electron chi connectivity index (χ2n) is 6.35. The first kappa shape index (κ1) is 16.3. The number of nitrogens with zero attached hydrogens (tertiary/aromatic N) is 2. The van der Waals surface area contributed by atoms with E-state index >= 15 is 0 Å². The van der Waals surface area contributed by atoms with E-state index in [9.17, 15) is 4.79 Å². The number of rotatable bonds is 5. The average molecular weight is 345 g/mol. The summed E-state index contributed by atoms with van der Waals surface area (Å²) in [5.41, 5.74) is 4.06. The van der Waals surface area contributed by atoms with E-state index in [0.717, 1.165) is 18.6 Å². The number of amides is 1. The van der Waals surface area contributed by atoms with E-state index in [4.69, 9.17) is 4.74 Å². The summed E-state index contributed by atoms with van der Waals surface area (Å²) in [7, 11) is 0. The minimum Gasteiger partial charge on any atom is -0.488 e. The van der Waals surface area contributed by atoms with Gasteiger partial charge < -0.3 is 10.1 Å². The Morgan fingerprint density at radius 1 is 1.12 bits per heavy atom. The number of carbonyl (C=O) groups is 1. The summed E-state index contributed by atoms with van der Waals surface area (Å²) >= 11 is 0. The van der Waals surface area contributed by atoms with Crippen molar-refractivity contribution in [3.63, 3.8) is 0 Å². The van der Waals surface area contributed by atoms with Crippen molar-refractivity contribution in [3.8, 4) is 5.75 Å². The summed E-state index contributed by atoms with van der Waals surface area (Å²) in [5.74, 6) is 0.669. The fourth-order valence-corrected chi connectivity index (χ4v) is 3.14. The van der Waals surface area contributed by atoms with Gasteiger partial charge >= 0.3 is 0 Å². The van der Waals surface area contributed by atoms with Crippen LogP contribution in [0.1, 0.15) is 27.2 Å². The number of carbonyl (C=O) groups excluding carboxylic acids is 1. The van der Waals surface area contributed by atoms with Crippen LogP contribution in [-0.4, -0.2) is 28.5 Å². The second kappa shape index (κ2) is 7.35. The second-order valence-corrected chi connectivity index (χ2v) is 6.35.